The van der Waals surface area contributed by atoms with Crippen LogP contribution >= 0.6 is 0 Å². The Morgan fingerprint density at radius 2 is 1.91 bits per heavy atom. The molecule has 3 rings (SSSR count). The minimum atomic E-state index is 0.0346. The first-order valence-corrected chi connectivity index (χ1v) is 7.57. The molecule has 0 aliphatic heterocycles. The van der Waals surface area contributed by atoms with Gasteiger partial charge in [0.2, 0.25) is 0 Å². The minimum absolute atomic E-state index is 0.0346. The Morgan fingerprint density at radius 1 is 1.05 bits per heavy atom. The van der Waals surface area contributed by atoms with Gasteiger partial charge < -0.3 is 10.1 Å². The largest absolute Gasteiger partial charge is 0.485 e. The molecule has 0 unspecified atom stereocenters. The van der Waals surface area contributed by atoms with E-state index >= 15 is 0 Å². The van der Waals surface area contributed by atoms with E-state index in [9.17, 15) is 0 Å². The van der Waals surface area contributed by atoms with E-state index in [1.165, 1.54) is 5.56 Å². The number of rotatable bonds is 6. The fourth-order valence-corrected chi connectivity index (χ4v) is 2.59. The van der Waals surface area contributed by atoms with Crippen LogP contribution in [0.3, 0.4) is 0 Å². The van der Waals surface area contributed by atoms with Crippen molar-refractivity contribution in [3.8, 4) is 5.75 Å². The Kier molecular flexibility index (Phi) is 4.66. The van der Waals surface area contributed by atoms with E-state index in [2.05, 4.69) is 40.6 Å². The summed E-state index contributed by atoms with van der Waals surface area (Å²) in [6, 6.07) is 18.5. The lowest BCUT2D eigenvalue weighted by Crippen LogP contribution is -2.16. The summed E-state index contributed by atoms with van der Waals surface area (Å²) in [7, 11) is 1.96. The third-order valence-corrected chi connectivity index (χ3v) is 3.74. The van der Waals surface area contributed by atoms with Gasteiger partial charge in [-0.05, 0) is 31.3 Å². The second-order valence-electron chi connectivity index (χ2n) is 5.26. The Labute approximate surface area is 131 Å². The Hall–Kier alpha value is -2.39. The van der Waals surface area contributed by atoms with Crippen LogP contribution < -0.4 is 10.1 Å². The molecule has 3 heteroatoms. The molecule has 1 aromatic heterocycles. The van der Waals surface area contributed by atoms with Crippen molar-refractivity contribution in [2.75, 3.05) is 13.6 Å². The van der Waals surface area contributed by atoms with Gasteiger partial charge in [-0.25, -0.2) is 0 Å². The van der Waals surface area contributed by atoms with Gasteiger partial charge in [-0.15, -0.1) is 0 Å². The summed E-state index contributed by atoms with van der Waals surface area (Å²) in [5, 5.41) is 5.40. The lowest BCUT2D eigenvalue weighted by atomic mass is 10.1. The first-order chi connectivity index (χ1) is 10.9. The highest BCUT2D eigenvalue weighted by atomic mass is 16.5. The second-order valence-corrected chi connectivity index (χ2v) is 5.26. The predicted molar refractivity (Wildman–Crippen MR) is 90.1 cm³/mol. The van der Waals surface area contributed by atoms with Gasteiger partial charge in [-0.3, -0.25) is 4.98 Å². The third kappa shape index (κ3) is 3.26. The van der Waals surface area contributed by atoms with Crippen LogP contribution in [0.4, 0.5) is 0 Å². The van der Waals surface area contributed by atoms with Crippen molar-refractivity contribution in [1.82, 2.24) is 10.3 Å². The Bertz CT molecular complexity index is 722. The zero-order chi connectivity index (χ0) is 15.2. The second kappa shape index (κ2) is 7.05. The molecule has 0 radical (unpaired) electrons. The number of pyridine rings is 1. The summed E-state index contributed by atoms with van der Waals surface area (Å²) in [4.78, 5) is 4.18. The summed E-state index contributed by atoms with van der Waals surface area (Å²) in [5.74, 6) is 0.907. The predicted octanol–water partition coefficient (Wildman–Crippen LogP) is 3.96. The number of fused-ring (bicyclic) bond motifs is 1. The number of benzene rings is 2. The van der Waals surface area contributed by atoms with E-state index < -0.39 is 0 Å². The molecule has 0 saturated heterocycles. The fourth-order valence-electron chi connectivity index (χ4n) is 2.59. The molecule has 3 nitrogen and oxygen atoms in total. The van der Waals surface area contributed by atoms with E-state index in [1.54, 1.807) is 6.20 Å². The maximum atomic E-state index is 6.35. The molecule has 0 aliphatic carbocycles. The van der Waals surface area contributed by atoms with E-state index in [0.717, 1.165) is 29.5 Å². The molecule has 0 aliphatic rings. The van der Waals surface area contributed by atoms with Gasteiger partial charge in [-0.1, -0.05) is 42.5 Å². The molecule has 112 valence electrons. The Morgan fingerprint density at radius 3 is 2.73 bits per heavy atom. The van der Waals surface area contributed by atoms with E-state index in [0.29, 0.717) is 0 Å². The molecular formula is C19H20N2O. The minimum Gasteiger partial charge on any atom is -0.485 e. The lowest BCUT2D eigenvalue weighted by Gasteiger charge is -2.20. The van der Waals surface area contributed by atoms with Gasteiger partial charge in [0.25, 0.3) is 0 Å². The van der Waals surface area contributed by atoms with E-state index in [4.69, 9.17) is 4.74 Å². The first-order valence-electron chi connectivity index (χ1n) is 7.57. The maximum Gasteiger partial charge on any atom is 0.128 e. The fraction of sp³-hybridized carbons (Fsp3) is 0.211. The molecule has 3 aromatic rings. The van der Waals surface area contributed by atoms with Crippen molar-refractivity contribution in [2.45, 2.75) is 12.5 Å². The standard InChI is InChI=1S/C19H20N2O/c1-20-12-11-18(15-6-3-2-4-7-15)22-19-9-5-8-16-14-21-13-10-17(16)19/h2-10,13-14,18,20H,11-12H2,1H3/t18-/m1/s1. The molecule has 0 bridgehead atoms. The number of hydrogen-bond acceptors (Lipinski definition) is 3. The van der Waals surface area contributed by atoms with E-state index in [1.807, 2.05) is 37.5 Å². The quantitative estimate of drug-likeness (QED) is 0.746. The van der Waals surface area contributed by atoms with Gasteiger partial charge in [0.1, 0.15) is 11.9 Å². The zero-order valence-corrected chi connectivity index (χ0v) is 12.7. The lowest BCUT2D eigenvalue weighted by molar-refractivity contribution is 0.197. The van der Waals surface area contributed by atoms with Crippen LogP contribution in [-0.2, 0) is 0 Å². The number of nitrogens with zero attached hydrogens (tertiary/aromatic N) is 1. The highest BCUT2D eigenvalue weighted by Crippen LogP contribution is 2.30. The van der Waals surface area contributed by atoms with Gasteiger partial charge in [0, 0.05) is 29.6 Å². The average Bonchev–Trinajstić information content (AvgIpc) is 2.59. The van der Waals surface area contributed by atoms with Crippen LogP contribution in [0.5, 0.6) is 5.75 Å². The summed E-state index contributed by atoms with van der Waals surface area (Å²) in [6.07, 6.45) is 4.63. The molecular weight excluding hydrogens is 272 g/mol. The zero-order valence-electron chi connectivity index (χ0n) is 12.7. The van der Waals surface area contributed by atoms with Crippen LogP contribution in [0.1, 0.15) is 18.1 Å². The van der Waals surface area contributed by atoms with Crippen LogP contribution in [0.25, 0.3) is 10.8 Å². The molecule has 0 saturated carbocycles. The number of aromatic nitrogens is 1. The Balaban J connectivity index is 1.92. The van der Waals surface area contributed by atoms with Crippen LogP contribution in [0, 0.1) is 0 Å². The molecule has 0 fully saturated rings. The van der Waals surface area contributed by atoms with E-state index in [-0.39, 0.29) is 6.10 Å². The molecule has 0 spiro atoms. The van der Waals surface area contributed by atoms with Crippen LogP contribution in [-0.4, -0.2) is 18.6 Å². The van der Waals surface area contributed by atoms with Gasteiger partial charge in [-0.2, -0.15) is 0 Å². The van der Waals surface area contributed by atoms with Crippen molar-refractivity contribution < 1.29 is 4.74 Å². The molecule has 2 aromatic carbocycles. The number of nitrogens with one attached hydrogen (secondary N) is 1. The number of ether oxygens (including phenoxy) is 1. The first kappa shape index (κ1) is 14.5. The topological polar surface area (TPSA) is 34.1 Å². The summed E-state index contributed by atoms with van der Waals surface area (Å²) in [5.41, 5.74) is 1.20. The molecule has 22 heavy (non-hydrogen) atoms. The van der Waals surface area contributed by atoms with Crippen molar-refractivity contribution >= 4 is 10.8 Å². The SMILES string of the molecule is CNCC[C@@H](Oc1cccc2cnccc12)c1ccccc1. The smallest absolute Gasteiger partial charge is 0.128 e. The average molecular weight is 292 g/mol. The highest BCUT2D eigenvalue weighted by Gasteiger charge is 2.14. The van der Waals surface area contributed by atoms with Crippen LogP contribution in [0.15, 0.2) is 67.0 Å². The molecule has 1 heterocycles. The highest BCUT2D eigenvalue weighted by molar-refractivity contribution is 5.87. The normalized spacial score (nSPS) is 12.2. The van der Waals surface area contributed by atoms with Gasteiger partial charge in [0.15, 0.2) is 0 Å². The maximum absolute atomic E-state index is 6.35. The van der Waals surface area contributed by atoms with Crippen molar-refractivity contribution in [3.05, 3.63) is 72.6 Å². The summed E-state index contributed by atoms with van der Waals surface area (Å²) in [6.45, 7) is 0.909. The van der Waals surface area contributed by atoms with Gasteiger partial charge >= 0.3 is 0 Å². The third-order valence-electron chi connectivity index (χ3n) is 3.74. The van der Waals surface area contributed by atoms with Crippen LogP contribution in [0.2, 0.25) is 0 Å². The summed E-state index contributed by atoms with van der Waals surface area (Å²) >= 11 is 0. The van der Waals surface area contributed by atoms with Gasteiger partial charge in [0.05, 0.1) is 0 Å². The monoisotopic (exact) mass is 292 g/mol. The molecule has 1 atom stereocenters. The molecule has 0 amide bonds. The van der Waals surface area contributed by atoms with Crippen molar-refractivity contribution in [2.24, 2.45) is 0 Å². The summed E-state index contributed by atoms with van der Waals surface area (Å²) < 4.78 is 6.35. The molecule has 1 N–H and O–H groups in total. The number of hydrogen-bond donors (Lipinski definition) is 1. The van der Waals surface area contributed by atoms with Crippen molar-refractivity contribution in [3.63, 3.8) is 0 Å². The van der Waals surface area contributed by atoms with Crippen molar-refractivity contribution in [1.29, 1.82) is 0 Å².